The van der Waals surface area contributed by atoms with Crippen LogP contribution in [0.25, 0.3) is 0 Å². The van der Waals surface area contributed by atoms with Crippen molar-refractivity contribution in [3.63, 3.8) is 0 Å². The number of nitrogens with two attached hydrogens (primary N) is 1. The molecule has 2 nitrogen and oxygen atoms in total. The van der Waals surface area contributed by atoms with Gasteiger partial charge in [0.05, 0.1) is 6.10 Å². The van der Waals surface area contributed by atoms with Gasteiger partial charge in [0.2, 0.25) is 0 Å². The predicted octanol–water partition coefficient (Wildman–Crippen LogP) is 1.77. The normalized spacial score (nSPS) is 19.2. The van der Waals surface area contributed by atoms with Crippen LogP contribution < -0.4 is 5.73 Å². The lowest BCUT2D eigenvalue weighted by Gasteiger charge is -2.25. The molecular weight excluding hydrogens is 150 g/mol. The predicted molar refractivity (Wildman–Crippen MR) is 52.9 cm³/mol. The molecule has 0 rings (SSSR count). The van der Waals surface area contributed by atoms with E-state index in [0.29, 0.717) is 11.8 Å². The van der Waals surface area contributed by atoms with Crippen LogP contribution in [-0.4, -0.2) is 17.3 Å². The molecule has 0 aromatic carbocycles. The molecule has 3 N–H and O–H groups in total. The molecule has 0 aliphatic heterocycles. The van der Waals surface area contributed by atoms with Gasteiger partial charge in [0.25, 0.3) is 0 Å². The lowest BCUT2D eigenvalue weighted by molar-refractivity contribution is 0.0806. The van der Waals surface area contributed by atoms with Crippen LogP contribution in [0.15, 0.2) is 0 Å². The molecule has 0 saturated heterocycles. The first-order chi connectivity index (χ1) is 5.49. The largest absolute Gasteiger partial charge is 0.391 e. The third-order valence-corrected chi connectivity index (χ3v) is 2.41. The minimum atomic E-state index is -0.336. The molecule has 0 aliphatic carbocycles. The summed E-state index contributed by atoms with van der Waals surface area (Å²) in [6.07, 6.45) is 1.57. The highest BCUT2D eigenvalue weighted by Gasteiger charge is 2.20. The lowest BCUT2D eigenvalue weighted by atomic mass is 9.91. The number of hydrogen-bond acceptors (Lipinski definition) is 2. The highest BCUT2D eigenvalue weighted by Crippen LogP contribution is 2.14. The van der Waals surface area contributed by atoms with E-state index in [1.807, 2.05) is 6.92 Å². The topological polar surface area (TPSA) is 46.2 Å². The van der Waals surface area contributed by atoms with Gasteiger partial charge in [-0.15, -0.1) is 0 Å². The van der Waals surface area contributed by atoms with Crippen molar-refractivity contribution >= 4 is 0 Å². The van der Waals surface area contributed by atoms with Crippen molar-refractivity contribution in [1.82, 2.24) is 0 Å². The Labute approximate surface area is 76.2 Å². The van der Waals surface area contributed by atoms with E-state index in [9.17, 15) is 5.11 Å². The Balaban J connectivity index is 3.83. The molecular formula is C10H23NO. The fourth-order valence-electron chi connectivity index (χ4n) is 1.35. The Kier molecular flexibility index (Phi) is 5.51. The van der Waals surface area contributed by atoms with Gasteiger partial charge in [-0.05, 0) is 18.3 Å². The van der Waals surface area contributed by atoms with Crippen LogP contribution in [0.4, 0.5) is 0 Å². The molecule has 0 fully saturated rings. The van der Waals surface area contributed by atoms with Gasteiger partial charge in [0, 0.05) is 6.04 Å². The zero-order valence-corrected chi connectivity index (χ0v) is 8.75. The van der Waals surface area contributed by atoms with Gasteiger partial charge in [0.1, 0.15) is 0 Å². The second kappa shape index (κ2) is 5.55. The molecule has 3 unspecified atom stereocenters. The van der Waals surface area contributed by atoms with Crippen molar-refractivity contribution in [3.05, 3.63) is 0 Å². The maximum atomic E-state index is 9.71. The highest BCUT2D eigenvalue weighted by atomic mass is 16.3. The van der Waals surface area contributed by atoms with E-state index in [1.54, 1.807) is 0 Å². The number of aliphatic hydroxyl groups is 1. The van der Waals surface area contributed by atoms with Crippen LogP contribution in [0, 0.1) is 11.8 Å². The van der Waals surface area contributed by atoms with E-state index in [2.05, 4.69) is 20.8 Å². The molecule has 0 aromatic rings. The van der Waals surface area contributed by atoms with Crippen LogP contribution >= 0.6 is 0 Å². The maximum Gasteiger partial charge on any atom is 0.0716 e. The summed E-state index contributed by atoms with van der Waals surface area (Å²) in [4.78, 5) is 0. The van der Waals surface area contributed by atoms with Crippen molar-refractivity contribution in [1.29, 1.82) is 0 Å². The third kappa shape index (κ3) is 4.07. The SMILES string of the molecule is CCC(C)C(O)C(N)CC(C)C. The van der Waals surface area contributed by atoms with Gasteiger partial charge in [-0.2, -0.15) is 0 Å². The second-order valence-corrected chi connectivity index (χ2v) is 4.17. The number of aliphatic hydroxyl groups excluding tert-OH is 1. The van der Waals surface area contributed by atoms with E-state index in [1.165, 1.54) is 0 Å². The standard InChI is InChI=1S/C10H23NO/c1-5-8(4)10(12)9(11)6-7(2)3/h7-10,12H,5-6,11H2,1-4H3. The first-order valence-corrected chi connectivity index (χ1v) is 4.92. The molecule has 0 aliphatic rings. The summed E-state index contributed by atoms with van der Waals surface area (Å²) < 4.78 is 0. The fourth-order valence-corrected chi connectivity index (χ4v) is 1.35. The molecule has 0 aromatic heterocycles. The van der Waals surface area contributed by atoms with E-state index >= 15 is 0 Å². The summed E-state index contributed by atoms with van der Waals surface area (Å²) in [5.74, 6) is 0.887. The lowest BCUT2D eigenvalue weighted by Crippen LogP contribution is -2.39. The average Bonchev–Trinajstić information content (AvgIpc) is 2.00. The monoisotopic (exact) mass is 173 g/mol. The van der Waals surface area contributed by atoms with Crippen molar-refractivity contribution in [2.45, 2.75) is 52.7 Å². The summed E-state index contributed by atoms with van der Waals surface area (Å²) in [5.41, 5.74) is 5.84. The molecule has 0 heterocycles. The van der Waals surface area contributed by atoms with Crippen molar-refractivity contribution in [2.24, 2.45) is 17.6 Å². The van der Waals surface area contributed by atoms with Crippen LogP contribution in [0.3, 0.4) is 0 Å². The Morgan fingerprint density at radius 1 is 1.25 bits per heavy atom. The Bertz CT molecular complexity index is 114. The van der Waals surface area contributed by atoms with Gasteiger partial charge in [-0.3, -0.25) is 0 Å². The quantitative estimate of drug-likeness (QED) is 0.665. The second-order valence-electron chi connectivity index (χ2n) is 4.17. The first kappa shape index (κ1) is 11.9. The number of rotatable bonds is 5. The third-order valence-electron chi connectivity index (χ3n) is 2.41. The summed E-state index contributed by atoms with van der Waals surface area (Å²) in [6, 6.07) is -0.0556. The highest BCUT2D eigenvalue weighted by molar-refractivity contribution is 4.76. The molecule has 0 spiro atoms. The van der Waals surface area contributed by atoms with Crippen LogP contribution in [0.5, 0.6) is 0 Å². The zero-order valence-electron chi connectivity index (χ0n) is 8.75. The van der Waals surface area contributed by atoms with E-state index in [4.69, 9.17) is 5.73 Å². The molecule has 0 radical (unpaired) electrons. The van der Waals surface area contributed by atoms with Gasteiger partial charge >= 0.3 is 0 Å². The Hall–Kier alpha value is -0.0800. The minimum absolute atomic E-state index is 0.0556. The number of hydrogen-bond donors (Lipinski definition) is 2. The molecule has 74 valence electrons. The zero-order chi connectivity index (χ0) is 9.72. The average molecular weight is 173 g/mol. The van der Waals surface area contributed by atoms with Crippen molar-refractivity contribution < 1.29 is 5.11 Å². The summed E-state index contributed by atoms with van der Waals surface area (Å²) >= 11 is 0. The smallest absolute Gasteiger partial charge is 0.0716 e. The van der Waals surface area contributed by atoms with Gasteiger partial charge in [0.15, 0.2) is 0 Å². The van der Waals surface area contributed by atoms with Crippen LogP contribution in [0.1, 0.15) is 40.5 Å². The Morgan fingerprint density at radius 2 is 1.75 bits per heavy atom. The van der Waals surface area contributed by atoms with E-state index in [0.717, 1.165) is 12.8 Å². The summed E-state index contributed by atoms with van der Waals surface area (Å²) in [7, 11) is 0. The van der Waals surface area contributed by atoms with E-state index < -0.39 is 0 Å². The first-order valence-electron chi connectivity index (χ1n) is 4.92. The van der Waals surface area contributed by atoms with Crippen LogP contribution in [-0.2, 0) is 0 Å². The van der Waals surface area contributed by atoms with Gasteiger partial charge < -0.3 is 10.8 Å². The molecule has 12 heavy (non-hydrogen) atoms. The molecule has 0 amide bonds. The summed E-state index contributed by atoms with van der Waals surface area (Å²) in [6.45, 7) is 8.38. The van der Waals surface area contributed by atoms with E-state index in [-0.39, 0.29) is 12.1 Å². The maximum absolute atomic E-state index is 9.71. The Morgan fingerprint density at radius 3 is 2.08 bits per heavy atom. The molecule has 3 atom stereocenters. The van der Waals surface area contributed by atoms with Gasteiger partial charge in [-0.1, -0.05) is 34.1 Å². The summed E-state index contributed by atoms with van der Waals surface area (Å²) in [5, 5.41) is 9.71. The fraction of sp³-hybridized carbons (Fsp3) is 1.00. The molecule has 0 saturated carbocycles. The molecule has 2 heteroatoms. The van der Waals surface area contributed by atoms with Gasteiger partial charge in [-0.25, -0.2) is 0 Å². The van der Waals surface area contributed by atoms with Crippen molar-refractivity contribution in [2.75, 3.05) is 0 Å². The molecule has 0 bridgehead atoms. The van der Waals surface area contributed by atoms with Crippen molar-refractivity contribution in [3.8, 4) is 0 Å². The van der Waals surface area contributed by atoms with Crippen LogP contribution in [0.2, 0.25) is 0 Å². The minimum Gasteiger partial charge on any atom is -0.391 e.